The van der Waals surface area contributed by atoms with Crippen molar-refractivity contribution < 1.29 is 9.90 Å². The van der Waals surface area contributed by atoms with E-state index in [4.69, 9.17) is 5.11 Å². The summed E-state index contributed by atoms with van der Waals surface area (Å²) in [7, 11) is 1.95. The molecular formula is C11H17N3O2. The van der Waals surface area contributed by atoms with E-state index >= 15 is 0 Å². The van der Waals surface area contributed by atoms with E-state index in [1.807, 2.05) is 24.7 Å². The van der Waals surface area contributed by atoms with Crippen molar-refractivity contribution in [2.24, 2.45) is 18.9 Å². The molecular weight excluding hydrogens is 206 g/mol. The number of aliphatic carboxylic acids is 1. The zero-order valence-corrected chi connectivity index (χ0v) is 9.63. The number of likely N-dealkylation sites (tertiary alicyclic amines) is 1. The highest BCUT2D eigenvalue weighted by atomic mass is 16.4. The largest absolute Gasteiger partial charge is 0.481 e. The van der Waals surface area contributed by atoms with Crippen molar-refractivity contribution in [1.82, 2.24) is 14.5 Å². The molecule has 1 fully saturated rings. The predicted molar refractivity (Wildman–Crippen MR) is 58.8 cm³/mol. The first-order valence-corrected chi connectivity index (χ1v) is 5.48. The van der Waals surface area contributed by atoms with Crippen LogP contribution in [0.25, 0.3) is 0 Å². The van der Waals surface area contributed by atoms with E-state index in [1.165, 1.54) is 0 Å². The van der Waals surface area contributed by atoms with Gasteiger partial charge >= 0.3 is 5.97 Å². The Bertz CT molecular complexity index is 388. The van der Waals surface area contributed by atoms with Crippen LogP contribution in [0.15, 0.2) is 12.5 Å². The number of carbonyl (C=O) groups is 1. The third kappa shape index (κ3) is 2.09. The Kier molecular flexibility index (Phi) is 2.96. The van der Waals surface area contributed by atoms with Crippen LogP contribution in [-0.4, -0.2) is 38.6 Å². The smallest absolute Gasteiger partial charge is 0.308 e. The standard InChI is InChI=1S/C11H17N3O2/c1-8-4-14(6-10(8)11(15)16)5-9-3-12-7-13(9)2/h3,7-8,10H,4-6H2,1-2H3,(H,15,16). The molecule has 5 nitrogen and oxygen atoms in total. The van der Waals surface area contributed by atoms with Crippen LogP contribution in [0.2, 0.25) is 0 Å². The Morgan fingerprint density at radius 3 is 2.88 bits per heavy atom. The summed E-state index contributed by atoms with van der Waals surface area (Å²) in [6, 6.07) is 0. The molecule has 16 heavy (non-hydrogen) atoms. The minimum atomic E-state index is -0.681. The predicted octanol–water partition coefficient (Wildman–Crippen LogP) is 0.573. The number of aryl methyl sites for hydroxylation is 1. The van der Waals surface area contributed by atoms with Crippen molar-refractivity contribution in [3.05, 3.63) is 18.2 Å². The third-order valence-electron chi connectivity index (χ3n) is 3.31. The molecule has 2 heterocycles. The lowest BCUT2D eigenvalue weighted by atomic mass is 9.99. The van der Waals surface area contributed by atoms with E-state index in [2.05, 4.69) is 9.88 Å². The van der Waals surface area contributed by atoms with Crippen molar-refractivity contribution in [3.63, 3.8) is 0 Å². The molecule has 0 aliphatic carbocycles. The maximum absolute atomic E-state index is 11.0. The minimum absolute atomic E-state index is 0.228. The first-order chi connectivity index (χ1) is 7.58. The summed E-state index contributed by atoms with van der Waals surface area (Å²) in [5, 5.41) is 9.04. The molecule has 0 spiro atoms. The van der Waals surface area contributed by atoms with Crippen molar-refractivity contribution in [3.8, 4) is 0 Å². The normalized spacial score (nSPS) is 26.1. The lowest BCUT2D eigenvalue weighted by Crippen LogP contribution is -2.23. The fourth-order valence-corrected chi connectivity index (χ4v) is 2.28. The zero-order valence-electron chi connectivity index (χ0n) is 9.63. The molecule has 88 valence electrons. The number of carboxylic acid groups (broad SMARTS) is 1. The second kappa shape index (κ2) is 4.25. The summed E-state index contributed by atoms with van der Waals surface area (Å²) in [5.74, 6) is -0.682. The summed E-state index contributed by atoms with van der Waals surface area (Å²) >= 11 is 0. The quantitative estimate of drug-likeness (QED) is 0.814. The monoisotopic (exact) mass is 223 g/mol. The molecule has 0 bridgehead atoms. The summed E-state index contributed by atoms with van der Waals surface area (Å²) in [6.07, 6.45) is 3.60. The van der Waals surface area contributed by atoms with Gasteiger partial charge in [-0.05, 0) is 5.92 Å². The average molecular weight is 223 g/mol. The molecule has 2 rings (SSSR count). The summed E-state index contributed by atoms with van der Waals surface area (Å²) in [5.41, 5.74) is 1.12. The molecule has 5 heteroatoms. The molecule has 1 N–H and O–H groups in total. The van der Waals surface area contributed by atoms with Gasteiger partial charge in [0.2, 0.25) is 0 Å². The van der Waals surface area contributed by atoms with Gasteiger partial charge < -0.3 is 9.67 Å². The Morgan fingerprint density at radius 2 is 2.38 bits per heavy atom. The molecule has 0 radical (unpaired) electrons. The maximum atomic E-state index is 11.0. The van der Waals surface area contributed by atoms with Crippen molar-refractivity contribution in [2.45, 2.75) is 13.5 Å². The molecule has 1 aliphatic heterocycles. The highest BCUT2D eigenvalue weighted by Gasteiger charge is 2.34. The van der Waals surface area contributed by atoms with Gasteiger partial charge in [-0.3, -0.25) is 9.69 Å². The lowest BCUT2D eigenvalue weighted by molar-refractivity contribution is -0.142. The fraction of sp³-hybridized carbons (Fsp3) is 0.636. The lowest BCUT2D eigenvalue weighted by Gasteiger charge is -2.14. The van der Waals surface area contributed by atoms with Gasteiger partial charge in [0.15, 0.2) is 0 Å². The highest BCUT2D eigenvalue weighted by Crippen LogP contribution is 2.24. The van der Waals surface area contributed by atoms with Crippen LogP contribution in [0.4, 0.5) is 0 Å². The van der Waals surface area contributed by atoms with E-state index in [0.717, 1.165) is 18.8 Å². The molecule has 1 aromatic rings. The highest BCUT2D eigenvalue weighted by molar-refractivity contribution is 5.71. The number of imidazole rings is 1. The van der Waals surface area contributed by atoms with Crippen LogP contribution in [0, 0.1) is 11.8 Å². The van der Waals surface area contributed by atoms with Crippen LogP contribution in [0.3, 0.4) is 0 Å². The van der Waals surface area contributed by atoms with Crippen molar-refractivity contribution in [1.29, 1.82) is 0 Å². The number of carboxylic acids is 1. The molecule has 0 aromatic carbocycles. The number of hydrogen-bond donors (Lipinski definition) is 1. The van der Waals surface area contributed by atoms with Gasteiger partial charge in [-0.1, -0.05) is 6.92 Å². The summed E-state index contributed by atoms with van der Waals surface area (Å²) < 4.78 is 1.97. The maximum Gasteiger partial charge on any atom is 0.308 e. The summed E-state index contributed by atoms with van der Waals surface area (Å²) in [6.45, 7) is 4.27. The van der Waals surface area contributed by atoms with E-state index in [9.17, 15) is 4.79 Å². The number of hydrogen-bond acceptors (Lipinski definition) is 3. The average Bonchev–Trinajstić information content (AvgIpc) is 2.75. The molecule has 1 saturated heterocycles. The van der Waals surface area contributed by atoms with Gasteiger partial charge in [-0.15, -0.1) is 0 Å². The Balaban J connectivity index is 1.99. The van der Waals surface area contributed by atoms with Gasteiger partial charge in [0, 0.05) is 32.9 Å². The van der Waals surface area contributed by atoms with E-state index in [1.54, 1.807) is 6.33 Å². The first-order valence-electron chi connectivity index (χ1n) is 5.48. The van der Waals surface area contributed by atoms with Crippen molar-refractivity contribution >= 4 is 5.97 Å². The van der Waals surface area contributed by atoms with Gasteiger partial charge in [0.1, 0.15) is 0 Å². The van der Waals surface area contributed by atoms with Gasteiger partial charge in [0.25, 0.3) is 0 Å². The molecule has 2 atom stereocenters. The van der Waals surface area contributed by atoms with Crippen LogP contribution in [0.1, 0.15) is 12.6 Å². The number of rotatable bonds is 3. The van der Waals surface area contributed by atoms with Gasteiger partial charge in [-0.25, -0.2) is 4.98 Å². The summed E-state index contributed by atoms with van der Waals surface area (Å²) in [4.78, 5) is 17.2. The van der Waals surface area contributed by atoms with E-state index in [0.29, 0.717) is 6.54 Å². The van der Waals surface area contributed by atoms with Crippen LogP contribution >= 0.6 is 0 Å². The molecule has 1 aliphatic rings. The second-order valence-corrected chi connectivity index (χ2v) is 4.61. The molecule has 2 unspecified atom stereocenters. The SMILES string of the molecule is CC1CN(Cc2cncn2C)CC1C(=O)O. The Labute approximate surface area is 94.7 Å². The molecule has 0 amide bonds. The zero-order chi connectivity index (χ0) is 11.7. The first kappa shape index (κ1) is 11.1. The fourth-order valence-electron chi connectivity index (χ4n) is 2.28. The van der Waals surface area contributed by atoms with E-state index < -0.39 is 5.97 Å². The molecule has 1 aromatic heterocycles. The number of nitrogens with zero attached hydrogens (tertiary/aromatic N) is 3. The second-order valence-electron chi connectivity index (χ2n) is 4.61. The van der Waals surface area contributed by atoms with Crippen LogP contribution in [-0.2, 0) is 18.4 Å². The Hall–Kier alpha value is -1.36. The number of aromatic nitrogens is 2. The Morgan fingerprint density at radius 1 is 1.62 bits per heavy atom. The van der Waals surface area contributed by atoms with E-state index in [-0.39, 0.29) is 11.8 Å². The van der Waals surface area contributed by atoms with Gasteiger partial charge in [-0.2, -0.15) is 0 Å². The molecule has 0 saturated carbocycles. The minimum Gasteiger partial charge on any atom is -0.481 e. The van der Waals surface area contributed by atoms with Crippen LogP contribution < -0.4 is 0 Å². The van der Waals surface area contributed by atoms with Crippen molar-refractivity contribution in [2.75, 3.05) is 13.1 Å². The van der Waals surface area contributed by atoms with Gasteiger partial charge in [0.05, 0.1) is 17.9 Å². The topological polar surface area (TPSA) is 58.4 Å². The third-order valence-corrected chi connectivity index (χ3v) is 3.31. The van der Waals surface area contributed by atoms with Crippen LogP contribution in [0.5, 0.6) is 0 Å².